The van der Waals surface area contributed by atoms with Crippen LogP contribution in [-0.2, 0) is 21.4 Å². The zero-order valence-electron chi connectivity index (χ0n) is 15.9. The summed E-state index contributed by atoms with van der Waals surface area (Å²) >= 11 is 0. The first kappa shape index (κ1) is 19.6. The third-order valence-corrected chi connectivity index (χ3v) is 6.60. The van der Waals surface area contributed by atoms with Gasteiger partial charge in [-0.1, -0.05) is 18.2 Å². The molecule has 0 aromatic heterocycles. The summed E-state index contributed by atoms with van der Waals surface area (Å²) in [7, 11) is -3.60. The summed E-state index contributed by atoms with van der Waals surface area (Å²) in [6.07, 6.45) is 3.17. The molecule has 2 fully saturated rings. The Labute approximate surface area is 170 Å². The lowest BCUT2D eigenvalue weighted by Gasteiger charge is -2.16. The molecule has 8 heteroatoms. The van der Waals surface area contributed by atoms with Gasteiger partial charge in [0.05, 0.1) is 4.90 Å². The van der Waals surface area contributed by atoms with Gasteiger partial charge in [0.25, 0.3) is 5.91 Å². The number of sulfonamides is 1. The Morgan fingerprint density at radius 3 is 2.52 bits per heavy atom. The lowest BCUT2D eigenvalue weighted by molar-refractivity contribution is -0.117. The molecule has 1 aliphatic heterocycles. The van der Waals surface area contributed by atoms with Crippen LogP contribution in [0.15, 0.2) is 53.4 Å². The molecule has 2 aromatic rings. The van der Waals surface area contributed by atoms with Gasteiger partial charge in [0.1, 0.15) is 0 Å². The fraction of sp³-hybridized carbons (Fsp3) is 0.333. The number of benzene rings is 2. The maximum Gasteiger partial charge on any atom is 0.251 e. The predicted octanol–water partition coefficient (Wildman–Crippen LogP) is 2.18. The molecule has 29 heavy (non-hydrogen) atoms. The van der Waals surface area contributed by atoms with Crippen molar-refractivity contribution in [1.29, 1.82) is 0 Å². The summed E-state index contributed by atoms with van der Waals surface area (Å²) < 4.78 is 27.3. The second-order valence-electron chi connectivity index (χ2n) is 7.42. The van der Waals surface area contributed by atoms with Gasteiger partial charge in [0, 0.05) is 36.8 Å². The highest BCUT2D eigenvalue weighted by molar-refractivity contribution is 7.89. The van der Waals surface area contributed by atoms with E-state index in [9.17, 15) is 18.0 Å². The molecule has 1 saturated heterocycles. The standard InChI is InChI=1S/C21H23N3O4S/c25-20-5-2-12-24(20)18-10-6-15(7-11-18)14-22-21(26)16-3-1-4-19(13-16)29(27,28)23-17-8-9-17/h1,3-4,6-7,10-11,13,17,23H,2,5,8-9,12,14H2,(H,22,26). The molecular formula is C21H23N3O4S. The Morgan fingerprint density at radius 2 is 1.86 bits per heavy atom. The molecule has 2 aliphatic rings. The van der Waals surface area contributed by atoms with Gasteiger partial charge >= 0.3 is 0 Å². The van der Waals surface area contributed by atoms with Crippen LogP contribution < -0.4 is 14.9 Å². The van der Waals surface area contributed by atoms with Crippen LogP contribution in [0.1, 0.15) is 41.6 Å². The van der Waals surface area contributed by atoms with Gasteiger partial charge in [0.2, 0.25) is 15.9 Å². The normalized spacial score (nSPS) is 16.8. The Bertz CT molecular complexity index is 1030. The number of hydrogen-bond donors (Lipinski definition) is 2. The maximum atomic E-state index is 12.5. The van der Waals surface area contributed by atoms with Crippen LogP contribution in [0.2, 0.25) is 0 Å². The summed E-state index contributed by atoms with van der Waals surface area (Å²) in [5.74, 6) is -0.204. The van der Waals surface area contributed by atoms with Crippen LogP contribution in [0.3, 0.4) is 0 Å². The van der Waals surface area contributed by atoms with Crippen LogP contribution >= 0.6 is 0 Å². The highest BCUT2D eigenvalue weighted by atomic mass is 32.2. The third-order valence-electron chi connectivity index (χ3n) is 5.08. The van der Waals surface area contributed by atoms with Gasteiger partial charge in [-0.3, -0.25) is 9.59 Å². The number of nitrogens with one attached hydrogen (secondary N) is 2. The van der Waals surface area contributed by atoms with E-state index in [0.717, 1.165) is 37.1 Å². The molecule has 1 heterocycles. The van der Waals surface area contributed by atoms with Crippen molar-refractivity contribution >= 4 is 27.5 Å². The Morgan fingerprint density at radius 1 is 1.10 bits per heavy atom. The van der Waals surface area contributed by atoms with Crippen molar-refractivity contribution in [2.45, 2.75) is 43.2 Å². The molecule has 152 valence electrons. The molecule has 1 aliphatic carbocycles. The van der Waals surface area contributed by atoms with E-state index in [0.29, 0.717) is 18.5 Å². The van der Waals surface area contributed by atoms with Crippen LogP contribution in [0.25, 0.3) is 0 Å². The monoisotopic (exact) mass is 413 g/mol. The summed E-state index contributed by atoms with van der Waals surface area (Å²) in [6.45, 7) is 1.05. The lowest BCUT2D eigenvalue weighted by Crippen LogP contribution is -2.27. The van der Waals surface area contributed by atoms with Crippen molar-refractivity contribution in [2.75, 3.05) is 11.4 Å². The van der Waals surface area contributed by atoms with Gasteiger partial charge in [-0.15, -0.1) is 0 Å². The highest BCUT2D eigenvalue weighted by Gasteiger charge is 2.28. The predicted molar refractivity (Wildman–Crippen MR) is 109 cm³/mol. The second-order valence-corrected chi connectivity index (χ2v) is 9.14. The first-order valence-corrected chi connectivity index (χ1v) is 11.2. The fourth-order valence-corrected chi connectivity index (χ4v) is 4.64. The van der Waals surface area contributed by atoms with E-state index in [1.807, 2.05) is 24.3 Å². The average molecular weight is 413 g/mol. The number of carbonyl (C=O) groups excluding carboxylic acids is 2. The van der Waals surface area contributed by atoms with Crippen molar-refractivity contribution in [3.63, 3.8) is 0 Å². The van der Waals surface area contributed by atoms with E-state index in [1.54, 1.807) is 17.0 Å². The zero-order chi connectivity index (χ0) is 20.4. The van der Waals surface area contributed by atoms with E-state index < -0.39 is 10.0 Å². The van der Waals surface area contributed by atoms with Crippen molar-refractivity contribution < 1.29 is 18.0 Å². The minimum absolute atomic E-state index is 0.0105. The molecule has 0 bridgehead atoms. The van der Waals surface area contributed by atoms with E-state index in [2.05, 4.69) is 10.0 Å². The molecular weight excluding hydrogens is 390 g/mol. The summed E-state index contributed by atoms with van der Waals surface area (Å²) in [4.78, 5) is 26.1. The maximum absolute atomic E-state index is 12.5. The van der Waals surface area contributed by atoms with Gasteiger partial charge in [-0.05, 0) is 55.2 Å². The van der Waals surface area contributed by atoms with Crippen molar-refractivity contribution in [3.8, 4) is 0 Å². The van der Waals surface area contributed by atoms with Crippen LogP contribution in [0.4, 0.5) is 5.69 Å². The van der Waals surface area contributed by atoms with Gasteiger partial charge < -0.3 is 10.2 Å². The molecule has 0 spiro atoms. The molecule has 0 atom stereocenters. The number of rotatable bonds is 7. The van der Waals surface area contributed by atoms with E-state index >= 15 is 0 Å². The first-order valence-electron chi connectivity index (χ1n) is 9.72. The summed E-state index contributed by atoms with van der Waals surface area (Å²) in [5, 5.41) is 2.81. The van der Waals surface area contributed by atoms with Gasteiger partial charge in [-0.2, -0.15) is 0 Å². The largest absolute Gasteiger partial charge is 0.348 e. The second kappa shape index (κ2) is 7.96. The molecule has 7 nitrogen and oxygen atoms in total. The summed E-state index contributed by atoms with van der Waals surface area (Å²) in [6, 6.07) is 13.6. The molecule has 0 radical (unpaired) electrons. The zero-order valence-corrected chi connectivity index (χ0v) is 16.7. The first-order chi connectivity index (χ1) is 13.9. The van der Waals surface area contributed by atoms with E-state index in [-0.39, 0.29) is 22.8 Å². The van der Waals surface area contributed by atoms with Crippen molar-refractivity contribution in [1.82, 2.24) is 10.0 Å². The van der Waals surface area contributed by atoms with Crippen molar-refractivity contribution in [2.24, 2.45) is 0 Å². The Hall–Kier alpha value is -2.71. The van der Waals surface area contributed by atoms with Crippen LogP contribution in [-0.4, -0.2) is 32.8 Å². The SMILES string of the molecule is O=C(NCc1ccc(N2CCCC2=O)cc1)c1cccc(S(=O)(=O)NC2CC2)c1. The number of nitrogens with zero attached hydrogens (tertiary/aromatic N) is 1. The smallest absolute Gasteiger partial charge is 0.251 e. The minimum atomic E-state index is -3.60. The highest BCUT2D eigenvalue weighted by Crippen LogP contribution is 2.23. The Balaban J connectivity index is 1.38. The molecule has 1 saturated carbocycles. The van der Waals surface area contributed by atoms with Crippen LogP contribution in [0, 0.1) is 0 Å². The number of carbonyl (C=O) groups is 2. The lowest BCUT2D eigenvalue weighted by atomic mass is 10.1. The fourth-order valence-electron chi connectivity index (χ4n) is 3.29. The third kappa shape index (κ3) is 4.65. The molecule has 2 aromatic carbocycles. The number of amides is 2. The van der Waals surface area contributed by atoms with E-state index in [1.165, 1.54) is 12.1 Å². The van der Waals surface area contributed by atoms with Crippen molar-refractivity contribution in [3.05, 3.63) is 59.7 Å². The van der Waals surface area contributed by atoms with Crippen LogP contribution in [0.5, 0.6) is 0 Å². The topological polar surface area (TPSA) is 95.6 Å². The van der Waals surface area contributed by atoms with Gasteiger partial charge in [0.15, 0.2) is 0 Å². The number of hydrogen-bond acceptors (Lipinski definition) is 4. The van der Waals surface area contributed by atoms with E-state index in [4.69, 9.17) is 0 Å². The molecule has 4 rings (SSSR count). The molecule has 2 amide bonds. The minimum Gasteiger partial charge on any atom is -0.348 e. The molecule has 0 unspecified atom stereocenters. The van der Waals surface area contributed by atoms with Gasteiger partial charge in [-0.25, -0.2) is 13.1 Å². The summed E-state index contributed by atoms with van der Waals surface area (Å²) in [5.41, 5.74) is 2.06. The Kier molecular flexibility index (Phi) is 5.38. The molecule has 2 N–H and O–H groups in total. The number of anilines is 1. The quantitative estimate of drug-likeness (QED) is 0.727. The average Bonchev–Trinajstić information content (AvgIpc) is 3.42.